The van der Waals surface area contributed by atoms with Gasteiger partial charge in [0, 0.05) is 43.9 Å². The van der Waals surface area contributed by atoms with Crippen LogP contribution in [-0.2, 0) is 16.6 Å². The van der Waals surface area contributed by atoms with E-state index in [0.717, 1.165) is 18.7 Å². The molecular formula is C17H21ClN4O2S. The van der Waals surface area contributed by atoms with Crippen molar-refractivity contribution in [2.24, 2.45) is 0 Å². The lowest BCUT2D eigenvalue weighted by atomic mass is 10.2. The summed E-state index contributed by atoms with van der Waals surface area (Å²) in [5.41, 5.74) is 1.03. The molecule has 6 nitrogen and oxygen atoms in total. The van der Waals surface area contributed by atoms with E-state index in [1.165, 1.54) is 10.5 Å². The first kappa shape index (κ1) is 18.1. The molecule has 1 fully saturated rings. The van der Waals surface area contributed by atoms with Crippen molar-refractivity contribution in [2.45, 2.75) is 11.4 Å². The molecule has 3 rings (SSSR count). The van der Waals surface area contributed by atoms with Gasteiger partial charge in [-0.15, -0.1) is 0 Å². The zero-order valence-electron chi connectivity index (χ0n) is 14.0. The highest BCUT2D eigenvalue weighted by Gasteiger charge is 2.27. The van der Waals surface area contributed by atoms with Crippen LogP contribution in [-0.4, -0.2) is 55.8 Å². The molecule has 0 amide bonds. The van der Waals surface area contributed by atoms with Crippen molar-refractivity contribution >= 4 is 27.4 Å². The van der Waals surface area contributed by atoms with Gasteiger partial charge in [0.25, 0.3) is 0 Å². The van der Waals surface area contributed by atoms with Gasteiger partial charge in [-0.25, -0.2) is 13.4 Å². The molecule has 0 spiro atoms. The average molecular weight is 381 g/mol. The van der Waals surface area contributed by atoms with Crippen LogP contribution in [0.15, 0.2) is 47.5 Å². The molecule has 8 heteroatoms. The Kier molecular flexibility index (Phi) is 5.58. The maximum Gasteiger partial charge on any atom is 0.244 e. The summed E-state index contributed by atoms with van der Waals surface area (Å²) in [6, 6.07) is 10.8. The van der Waals surface area contributed by atoms with Gasteiger partial charge in [-0.1, -0.05) is 23.7 Å². The van der Waals surface area contributed by atoms with Gasteiger partial charge in [0.2, 0.25) is 10.0 Å². The number of pyridine rings is 1. The fraction of sp³-hybridized carbons (Fsp3) is 0.353. The van der Waals surface area contributed by atoms with Crippen molar-refractivity contribution < 1.29 is 8.42 Å². The Hall–Kier alpha value is -1.67. The number of rotatable bonds is 5. The van der Waals surface area contributed by atoms with Gasteiger partial charge in [-0.05, 0) is 36.9 Å². The minimum atomic E-state index is -3.48. The average Bonchev–Trinajstić information content (AvgIpc) is 2.61. The number of nitrogens with zero attached hydrogens (tertiary/aromatic N) is 3. The second kappa shape index (κ2) is 7.70. The van der Waals surface area contributed by atoms with Crippen LogP contribution in [0.3, 0.4) is 0 Å². The molecule has 1 saturated heterocycles. The highest BCUT2D eigenvalue weighted by atomic mass is 35.5. The van der Waals surface area contributed by atoms with Gasteiger partial charge in [0.1, 0.15) is 10.7 Å². The second-order valence-corrected chi connectivity index (χ2v) is 8.44. The molecule has 0 radical (unpaired) electrons. The standard InChI is InChI=1S/C17H21ClN4O2S/c1-21-7-9-22(10-8-21)25(23,24)16-5-6-17(20-13-16)19-12-14-3-2-4-15(18)11-14/h2-6,11,13H,7-10,12H2,1H3,(H,19,20). The highest BCUT2D eigenvalue weighted by molar-refractivity contribution is 7.89. The summed E-state index contributed by atoms with van der Waals surface area (Å²) in [7, 11) is -1.48. The van der Waals surface area contributed by atoms with Gasteiger partial charge in [-0.2, -0.15) is 4.31 Å². The lowest BCUT2D eigenvalue weighted by molar-refractivity contribution is 0.222. The Morgan fingerprint density at radius 3 is 2.56 bits per heavy atom. The SMILES string of the molecule is CN1CCN(S(=O)(=O)c2ccc(NCc3cccc(Cl)c3)nc2)CC1. The predicted octanol–water partition coefficient (Wildman–Crippen LogP) is 2.28. The number of anilines is 1. The molecule has 2 heterocycles. The van der Waals surface area contributed by atoms with E-state index in [-0.39, 0.29) is 4.90 Å². The number of piperazine rings is 1. The molecule has 1 N–H and O–H groups in total. The lowest BCUT2D eigenvalue weighted by Gasteiger charge is -2.31. The summed E-state index contributed by atoms with van der Waals surface area (Å²) in [6.45, 7) is 3.07. The van der Waals surface area contributed by atoms with Gasteiger partial charge < -0.3 is 10.2 Å². The topological polar surface area (TPSA) is 65.5 Å². The van der Waals surface area contributed by atoms with Crippen LogP contribution < -0.4 is 5.32 Å². The van der Waals surface area contributed by atoms with Crippen molar-refractivity contribution in [3.05, 3.63) is 53.2 Å². The normalized spacial score (nSPS) is 16.7. The molecule has 0 aliphatic carbocycles. The summed E-state index contributed by atoms with van der Waals surface area (Å²) in [6.07, 6.45) is 1.41. The van der Waals surface area contributed by atoms with Crippen LogP contribution >= 0.6 is 11.6 Å². The zero-order valence-corrected chi connectivity index (χ0v) is 15.6. The van der Waals surface area contributed by atoms with Gasteiger partial charge in [-0.3, -0.25) is 0 Å². The fourth-order valence-corrected chi connectivity index (χ4v) is 4.24. The molecule has 2 aromatic rings. The van der Waals surface area contributed by atoms with Crippen LogP contribution in [0, 0.1) is 0 Å². The molecule has 1 aliphatic rings. The number of hydrogen-bond donors (Lipinski definition) is 1. The summed E-state index contributed by atoms with van der Waals surface area (Å²) in [4.78, 5) is 6.58. The lowest BCUT2D eigenvalue weighted by Crippen LogP contribution is -2.47. The van der Waals surface area contributed by atoms with Crippen LogP contribution in [0.25, 0.3) is 0 Å². The van der Waals surface area contributed by atoms with Gasteiger partial charge in [0.15, 0.2) is 0 Å². The van der Waals surface area contributed by atoms with E-state index in [1.807, 2.05) is 31.3 Å². The van der Waals surface area contributed by atoms with E-state index < -0.39 is 10.0 Å². The summed E-state index contributed by atoms with van der Waals surface area (Å²) in [5, 5.41) is 3.85. The molecule has 134 valence electrons. The number of aromatic nitrogens is 1. The van der Waals surface area contributed by atoms with Crippen molar-refractivity contribution in [2.75, 3.05) is 38.5 Å². The number of hydrogen-bond acceptors (Lipinski definition) is 5. The maximum absolute atomic E-state index is 12.7. The number of benzene rings is 1. The number of likely N-dealkylation sites (N-methyl/N-ethyl adjacent to an activating group) is 1. The Morgan fingerprint density at radius 1 is 1.16 bits per heavy atom. The monoisotopic (exact) mass is 380 g/mol. The quantitative estimate of drug-likeness (QED) is 0.862. The molecule has 1 aliphatic heterocycles. The molecule has 0 saturated carbocycles. The largest absolute Gasteiger partial charge is 0.366 e. The van der Waals surface area contributed by atoms with E-state index in [4.69, 9.17) is 11.6 Å². The number of sulfonamides is 1. The van der Waals surface area contributed by atoms with Gasteiger partial charge >= 0.3 is 0 Å². The molecular weight excluding hydrogens is 360 g/mol. The summed E-state index contributed by atoms with van der Waals surface area (Å²) in [5.74, 6) is 0.623. The first-order valence-electron chi connectivity index (χ1n) is 8.08. The van der Waals surface area contributed by atoms with E-state index in [0.29, 0.717) is 30.5 Å². The van der Waals surface area contributed by atoms with E-state index in [2.05, 4.69) is 15.2 Å². The molecule has 1 aromatic heterocycles. The van der Waals surface area contributed by atoms with Crippen molar-refractivity contribution in [3.8, 4) is 0 Å². The van der Waals surface area contributed by atoms with Crippen LogP contribution in [0.1, 0.15) is 5.56 Å². The number of nitrogens with one attached hydrogen (secondary N) is 1. The van der Waals surface area contributed by atoms with Crippen molar-refractivity contribution in [3.63, 3.8) is 0 Å². The predicted molar refractivity (Wildman–Crippen MR) is 99.3 cm³/mol. The second-order valence-electron chi connectivity index (χ2n) is 6.07. The zero-order chi connectivity index (χ0) is 17.9. The van der Waals surface area contributed by atoms with Crippen molar-refractivity contribution in [1.29, 1.82) is 0 Å². The van der Waals surface area contributed by atoms with Crippen LogP contribution in [0.5, 0.6) is 0 Å². The van der Waals surface area contributed by atoms with E-state index in [9.17, 15) is 8.42 Å². The van der Waals surface area contributed by atoms with E-state index >= 15 is 0 Å². The third-order valence-corrected chi connectivity index (χ3v) is 6.32. The smallest absolute Gasteiger partial charge is 0.244 e. The highest BCUT2D eigenvalue weighted by Crippen LogP contribution is 2.18. The number of halogens is 1. The first-order chi connectivity index (χ1) is 11.9. The van der Waals surface area contributed by atoms with Gasteiger partial charge in [0.05, 0.1) is 0 Å². The molecule has 0 atom stereocenters. The Morgan fingerprint density at radius 2 is 1.92 bits per heavy atom. The molecule has 1 aromatic carbocycles. The summed E-state index contributed by atoms with van der Waals surface area (Å²) < 4.78 is 26.8. The molecule has 0 unspecified atom stereocenters. The molecule has 0 bridgehead atoms. The minimum Gasteiger partial charge on any atom is -0.366 e. The van der Waals surface area contributed by atoms with Crippen LogP contribution in [0.2, 0.25) is 5.02 Å². The Bertz CT molecular complexity index is 819. The minimum absolute atomic E-state index is 0.227. The first-order valence-corrected chi connectivity index (χ1v) is 9.90. The van der Waals surface area contributed by atoms with Crippen LogP contribution in [0.4, 0.5) is 5.82 Å². The Balaban J connectivity index is 1.65. The third-order valence-electron chi connectivity index (χ3n) is 4.20. The van der Waals surface area contributed by atoms with Crippen molar-refractivity contribution in [1.82, 2.24) is 14.2 Å². The van der Waals surface area contributed by atoms with E-state index in [1.54, 1.807) is 12.1 Å². The third kappa shape index (κ3) is 4.49. The Labute approximate surface area is 153 Å². The molecule has 25 heavy (non-hydrogen) atoms. The fourth-order valence-electron chi connectivity index (χ4n) is 2.65. The maximum atomic E-state index is 12.7. The summed E-state index contributed by atoms with van der Waals surface area (Å²) >= 11 is 5.96.